The fourth-order valence-corrected chi connectivity index (χ4v) is 2.45. The zero-order valence-electron chi connectivity index (χ0n) is 13.7. The molecule has 0 spiro atoms. The van der Waals surface area contributed by atoms with Crippen molar-refractivity contribution in [1.82, 2.24) is 9.97 Å². The zero-order chi connectivity index (χ0) is 17.5. The van der Waals surface area contributed by atoms with Gasteiger partial charge in [0.1, 0.15) is 0 Å². The number of carboxylic acids is 1. The molecule has 0 atom stereocenters. The molecule has 1 aromatic heterocycles. The number of ether oxygens (including phenoxy) is 1. The molecule has 0 saturated heterocycles. The van der Waals surface area contributed by atoms with Crippen LogP contribution in [-0.2, 0) is 12.8 Å². The van der Waals surface area contributed by atoms with Crippen molar-refractivity contribution in [1.29, 1.82) is 0 Å². The van der Waals surface area contributed by atoms with Gasteiger partial charge in [-0.3, -0.25) is 4.39 Å². The number of carboxylic acid groups (broad SMARTS) is 1. The summed E-state index contributed by atoms with van der Waals surface area (Å²) in [6, 6.07) is 7.34. The third-order valence-corrected chi connectivity index (χ3v) is 3.79. The average molecular weight is 389 g/mol. The molecular formula is C17H19Cl2FN2O3. The summed E-state index contributed by atoms with van der Waals surface area (Å²) in [6.07, 6.45) is 1.13. The smallest absolute Gasteiger partial charge is 0.374 e. The maximum Gasteiger partial charge on any atom is 0.374 e. The highest BCUT2D eigenvalue weighted by atomic mass is 35.5. The van der Waals surface area contributed by atoms with Crippen LogP contribution in [0.2, 0.25) is 5.02 Å². The summed E-state index contributed by atoms with van der Waals surface area (Å²) in [7, 11) is 0. The second-order valence-corrected chi connectivity index (χ2v) is 5.50. The molecule has 136 valence electrons. The monoisotopic (exact) mass is 388 g/mol. The second-order valence-electron chi connectivity index (χ2n) is 5.10. The van der Waals surface area contributed by atoms with E-state index in [4.69, 9.17) is 21.4 Å². The summed E-state index contributed by atoms with van der Waals surface area (Å²) in [5, 5.41) is 9.76. The Bertz CT molecular complexity index is 729. The Morgan fingerprint density at radius 2 is 2.04 bits per heavy atom. The van der Waals surface area contributed by atoms with Gasteiger partial charge in [0.2, 0.25) is 11.7 Å². The average Bonchev–Trinajstić information content (AvgIpc) is 2.57. The lowest BCUT2D eigenvalue weighted by Gasteiger charge is -2.15. The van der Waals surface area contributed by atoms with E-state index in [1.165, 1.54) is 0 Å². The molecule has 1 aromatic carbocycles. The van der Waals surface area contributed by atoms with Crippen LogP contribution in [0.25, 0.3) is 0 Å². The van der Waals surface area contributed by atoms with Gasteiger partial charge in [-0.25, -0.2) is 9.78 Å². The number of hydrogen-bond donors (Lipinski definition) is 1. The van der Waals surface area contributed by atoms with Gasteiger partial charge in [0, 0.05) is 23.4 Å². The number of aromatic nitrogens is 2. The molecule has 0 saturated carbocycles. The number of rotatable bonds is 8. The Morgan fingerprint density at radius 3 is 2.64 bits per heavy atom. The van der Waals surface area contributed by atoms with E-state index in [1.54, 1.807) is 6.07 Å². The minimum atomic E-state index is -1.23. The molecule has 0 unspecified atom stereocenters. The Balaban J connectivity index is 0.00000312. The Kier molecular flexibility index (Phi) is 8.58. The topological polar surface area (TPSA) is 72.3 Å². The minimum absolute atomic E-state index is 0. The molecule has 5 nitrogen and oxygen atoms in total. The highest BCUT2D eigenvalue weighted by Crippen LogP contribution is 2.27. The summed E-state index contributed by atoms with van der Waals surface area (Å²) in [4.78, 5) is 19.3. The van der Waals surface area contributed by atoms with Gasteiger partial charge in [-0.15, -0.1) is 12.4 Å². The van der Waals surface area contributed by atoms with E-state index in [1.807, 2.05) is 25.1 Å². The standard InChI is InChI=1S/C17H18ClFN2O3.ClH/c1-2-14-12(10-11-6-3-4-7-13(11)18)16(24-9-5-8-19)21-15(20-14)17(22)23;/h3-4,6-7H,2,5,8-10H2,1H3,(H,22,23);1H. The molecule has 8 heteroatoms. The van der Waals surface area contributed by atoms with Crippen molar-refractivity contribution in [3.8, 4) is 5.88 Å². The van der Waals surface area contributed by atoms with Crippen LogP contribution in [0.1, 0.15) is 40.8 Å². The number of nitrogens with zero attached hydrogens (tertiary/aromatic N) is 2. The number of benzene rings is 1. The molecule has 1 heterocycles. The zero-order valence-corrected chi connectivity index (χ0v) is 15.2. The summed E-state index contributed by atoms with van der Waals surface area (Å²) < 4.78 is 17.9. The predicted octanol–water partition coefficient (Wildman–Crippen LogP) is 4.14. The Morgan fingerprint density at radius 1 is 1.32 bits per heavy atom. The van der Waals surface area contributed by atoms with Crippen LogP contribution in [0.5, 0.6) is 5.88 Å². The van der Waals surface area contributed by atoms with Gasteiger partial charge >= 0.3 is 5.97 Å². The minimum Gasteiger partial charge on any atom is -0.477 e. The maximum absolute atomic E-state index is 12.3. The Labute approximate surface area is 156 Å². The van der Waals surface area contributed by atoms with Crippen LogP contribution in [-0.4, -0.2) is 34.3 Å². The van der Waals surface area contributed by atoms with Gasteiger partial charge in [0.25, 0.3) is 0 Å². The molecule has 0 fully saturated rings. The molecule has 2 rings (SSSR count). The number of aromatic carboxylic acids is 1. The lowest BCUT2D eigenvalue weighted by Crippen LogP contribution is -2.14. The maximum atomic E-state index is 12.3. The van der Waals surface area contributed by atoms with Gasteiger partial charge in [-0.2, -0.15) is 4.98 Å². The number of hydrogen-bond acceptors (Lipinski definition) is 4. The van der Waals surface area contributed by atoms with E-state index < -0.39 is 12.6 Å². The third-order valence-electron chi connectivity index (χ3n) is 3.42. The van der Waals surface area contributed by atoms with Crippen LogP contribution < -0.4 is 4.74 Å². The number of alkyl halides is 1. The molecule has 25 heavy (non-hydrogen) atoms. The lowest BCUT2D eigenvalue weighted by molar-refractivity contribution is 0.0681. The van der Waals surface area contributed by atoms with Crippen molar-refractivity contribution >= 4 is 30.0 Å². The van der Waals surface area contributed by atoms with Crippen LogP contribution in [0.15, 0.2) is 24.3 Å². The van der Waals surface area contributed by atoms with Gasteiger partial charge in [0.05, 0.1) is 19.0 Å². The normalized spacial score (nSPS) is 10.2. The first-order valence-corrected chi connectivity index (χ1v) is 7.99. The van der Waals surface area contributed by atoms with Crippen molar-refractivity contribution in [3.63, 3.8) is 0 Å². The highest BCUT2D eigenvalue weighted by Gasteiger charge is 2.19. The lowest BCUT2D eigenvalue weighted by atomic mass is 10.0. The fourth-order valence-electron chi connectivity index (χ4n) is 2.25. The molecule has 0 aliphatic carbocycles. The molecular weight excluding hydrogens is 370 g/mol. The molecule has 0 radical (unpaired) electrons. The summed E-state index contributed by atoms with van der Waals surface area (Å²) >= 11 is 6.21. The van der Waals surface area contributed by atoms with Crippen LogP contribution in [0.3, 0.4) is 0 Å². The van der Waals surface area contributed by atoms with Crippen LogP contribution in [0.4, 0.5) is 4.39 Å². The molecule has 2 aromatic rings. The van der Waals surface area contributed by atoms with Crippen molar-refractivity contribution in [3.05, 3.63) is 51.9 Å². The summed E-state index contributed by atoms with van der Waals surface area (Å²) in [5.74, 6) is -1.39. The van der Waals surface area contributed by atoms with Gasteiger partial charge in [-0.05, 0) is 18.1 Å². The number of aryl methyl sites for hydroxylation is 1. The van der Waals surface area contributed by atoms with Gasteiger partial charge in [-0.1, -0.05) is 36.7 Å². The van der Waals surface area contributed by atoms with Crippen molar-refractivity contribution in [2.75, 3.05) is 13.3 Å². The van der Waals surface area contributed by atoms with E-state index >= 15 is 0 Å². The summed E-state index contributed by atoms with van der Waals surface area (Å²) in [6.45, 7) is 1.47. The fraction of sp³-hybridized carbons (Fsp3) is 0.353. The van der Waals surface area contributed by atoms with E-state index in [9.17, 15) is 9.18 Å². The van der Waals surface area contributed by atoms with Crippen LogP contribution in [0, 0.1) is 0 Å². The van der Waals surface area contributed by atoms with Crippen LogP contribution >= 0.6 is 24.0 Å². The first-order valence-electron chi connectivity index (χ1n) is 7.62. The van der Waals surface area contributed by atoms with Crippen molar-refractivity contribution in [2.45, 2.75) is 26.2 Å². The third kappa shape index (κ3) is 5.54. The molecule has 0 bridgehead atoms. The van der Waals surface area contributed by atoms with E-state index in [0.717, 1.165) is 5.56 Å². The first kappa shape index (κ1) is 21.1. The van der Waals surface area contributed by atoms with E-state index in [-0.39, 0.29) is 37.1 Å². The number of halogens is 3. The predicted molar refractivity (Wildman–Crippen MR) is 96.0 cm³/mol. The molecule has 0 amide bonds. The number of carbonyl (C=O) groups is 1. The highest BCUT2D eigenvalue weighted by molar-refractivity contribution is 6.31. The van der Waals surface area contributed by atoms with Gasteiger partial charge in [0.15, 0.2) is 0 Å². The molecule has 0 aliphatic heterocycles. The Hall–Kier alpha value is -1.92. The van der Waals surface area contributed by atoms with Crippen molar-refractivity contribution < 1.29 is 19.0 Å². The van der Waals surface area contributed by atoms with Gasteiger partial charge < -0.3 is 9.84 Å². The molecule has 1 N–H and O–H groups in total. The molecule has 0 aliphatic rings. The first-order chi connectivity index (χ1) is 11.6. The second kappa shape index (κ2) is 10.2. The SMILES string of the molecule is CCc1nc(C(=O)O)nc(OCCCF)c1Cc1ccccc1Cl.Cl. The quantitative estimate of drug-likeness (QED) is 0.687. The summed E-state index contributed by atoms with van der Waals surface area (Å²) in [5.41, 5.74) is 2.11. The van der Waals surface area contributed by atoms with E-state index in [2.05, 4.69) is 9.97 Å². The van der Waals surface area contributed by atoms with Crippen molar-refractivity contribution in [2.24, 2.45) is 0 Å². The van der Waals surface area contributed by atoms with E-state index in [0.29, 0.717) is 29.1 Å². The largest absolute Gasteiger partial charge is 0.477 e.